The second-order valence-electron chi connectivity index (χ2n) is 6.25. The number of anilines is 3. The highest BCUT2D eigenvalue weighted by molar-refractivity contribution is 7.98. The lowest BCUT2D eigenvalue weighted by Gasteiger charge is -2.14. The van der Waals surface area contributed by atoms with Crippen molar-refractivity contribution in [3.8, 4) is 11.3 Å². The molecule has 27 heavy (non-hydrogen) atoms. The number of likely N-dealkylation sites (N-methyl/N-ethyl adjacent to an activating group) is 1. The van der Waals surface area contributed by atoms with Gasteiger partial charge in [0.1, 0.15) is 5.82 Å². The fourth-order valence-corrected chi connectivity index (χ4v) is 3.09. The lowest BCUT2D eigenvalue weighted by molar-refractivity contribution is 0.425. The summed E-state index contributed by atoms with van der Waals surface area (Å²) in [6.07, 6.45) is 5.61. The number of aromatic nitrogens is 3. The molecule has 0 atom stereocenters. The predicted molar refractivity (Wildman–Crippen MR) is 114 cm³/mol. The van der Waals surface area contributed by atoms with Crippen LogP contribution >= 0.6 is 11.8 Å². The van der Waals surface area contributed by atoms with Crippen molar-refractivity contribution in [3.63, 3.8) is 0 Å². The summed E-state index contributed by atoms with van der Waals surface area (Å²) in [6, 6.07) is 14.1. The Labute approximate surface area is 164 Å². The number of benzene rings is 1. The van der Waals surface area contributed by atoms with Crippen LogP contribution < -0.4 is 10.6 Å². The van der Waals surface area contributed by atoms with Gasteiger partial charge in [-0.25, -0.2) is 4.98 Å². The van der Waals surface area contributed by atoms with E-state index in [1.807, 2.05) is 44.4 Å². The van der Waals surface area contributed by atoms with Crippen LogP contribution in [0.2, 0.25) is 0 Å². The summed E-state index contributed by atoms with van der Waals surface area (Å²) in [5.74, 6) is 1.36. The second kappa shape index (κ2) is 9.34. The van der Waals surface area contributed by atoms with Crippen LogP contribution in [0.4, 0.5) is 17.5 Å². The van der Waals surface area contributed by atoms with E-state index in [0.717, 1.165) is 35.9 Å². The molecule has 0 saturated carbocycles. The highest BCUT2D eigenvalue weighted by Gasteiger charge is 2.09. The molecule has 0 spiro atoms. The average Bonchev–Trinajstić information content (AvgIpc) is 2.69. The van der Waals surface area contributed by atoms with Gasteiger partial charge in [-0.3, -0.25) is 4.98 Å². The average molecular weight is 381 g/mol. The Bertz CT molecular complexity index is 869. The molecule has 2 N–H and O–H groups in total. The summed E-state index contributed by atoms with van der Waals surface area (Å²) in [4.78, 5) is 16.7. The number of pyridine rings is 1. The summed E-state index contributed by atoms with van der Waals surface area (Å²) >= 11 is 1.70. The van der Waals surface area contributed by atoms with Gasteiger partial charge in [0.2, 0.25) is 5.95 Å². The molecular formula is C20H24N6S. The Morgan fingerprint density at radius 1 is 1.04 bits per heavy atom. The lowest BCUT2D eigenvalue weighted by Crippen LogP contribution is -2.21. The van der Waals surface area contributed by atoms with Crippen molar-refractivity contribution < 1.29 is 0 Å². The highest BCUT2D eigenvalue weighted by Crippen LogP contribution is 2.29. The van der Waals surface area contributed by atoms with Gasteiger partial charge in [0.05, 0.1) is 11.4 Å². The van der Waals surface area contributed by atoms with Crippen LogP contribution in [-0.4, -0.2) is 53.3 Å². The second-order valence-corrected chi connectivity index (χ2v) is 7.10. The van der Waals surface area contributed by atoms with Crippen molar-refractivity contribution in [2.24, 2.45) is 0 Å². The van der Waals surface area contributed by atoms with Crippen molar-refractivity contribution in [2.45, 2.75) is 4.90 Å². The molecule has 2 heterocycles. The van der Waals surface area contributed by atoms with E-state index in [0.29, 0.717) is 5.95 Å². The molecule has 0 amide bonds. The van der Waals surface area contributed by atoms with Gasteiger partial charge in [-0.15, -0.1) is 11.8 Å². The van der Waals surface area contributed by atoms with Crippen LogP contribution in [0, 0.1) is 0 Å². The molecule has 0 unspecified atom stereocenters. The third-order valence-electron chi connectivity index (χ3n) is 3.91. The van der Waals surface area contributed by atoms with Crippen LogP contribution in [0.5, 0.6) is 0 Å². The van der Waals surface area contributed by atoms with Gasteiger partial charge in [-0.1, -0.05) is 12.1 Å². The molecule has 3 rings (SSSR count). The number of hydrogen-bond acceptors (Lipinski definition) is 7. The molecular weight excluding hydrogens is 356 g/mol. The number of nitrogens with one attached hydrogen (secondary N) is 2. The maximum atomic E-state index is 4.67. The molecule has 0 bridgehead atoms. The Hall–Kier alpha value is -2.64. The van der Waals surface area contributed by atoms with Crippen LogP contribution in [0.3, 0.4) is 0 Å². The Balaban J connectivity index is 1.91. The van der Waals surface area contributed by atoms with Gasteiger partial charge in [0.15, 0.2) is 0 Å². The summed E-state index contributed by atoms with van der Waals surface area (Å²) in [5.41, 5.74) is 2.89. The molecule has 140 valence electrons. The molecule has 0 aliphatic rings. The van der Waals surface area contributed by atoms with Crippen LogP contribution in [0.25, 0.3) is 11.3 Å². The smallest absolute Gasteiger partial charge is 0.225 e. The van der Waals surface area contributed by atoms with Crippen LogP contribution in [0.15, 0.2) is 59.8 Å². The van der Waals surface area contributed by atoms with Gasteiger partial charge >= 0.3 is 0 Å². The van der Waals surface area contributed by atoms with E-state index in [2.05, 4.69) is 48.9 Å². The van der Waals surface area contributed by atoms with E-state index in [9.17, 15) is 0 Å². The van der Waals surface area contributed by atoms with Crippen molar-refractivity contribution in [2.75, 3.05) is 44.1 Å². The van der Waals surface area contributed by atoms with E-state index < -0.39 is 0 Å². The summed E-state index contributed by atoms with van der Waals surface area (Å²) in [7, 11) is 4.09. The molecule has 3 aromatic rings. The fraction of sp³-hybridized carbons (Fsp3) is 0.250. The zero-order chi connectivity index (χ0) is 19.1. The topological polar surface area (TPSA) is 66.0 Å². The van der Waals surface area contributed by atoms with Crippen molar-refractivity contribution in [1.29, 1.82) is 0 Å². The van der Waals surface area contributed by atoms with Crippen LogP contribution in [-0.2, 0) is 0 Å². The molecule has 6 nitrogen and oxygen atoms in total. The van der Waals surface area contributed by atoms with Gasteiger partial charge in [-0.2, -0.15) is 4.98 Å². The van der Waals surface area contributed by atoms with E-state index in [1.54, 1.807) is 24.2 Å². The molecule has 1 aromatic carbocycles. The Morgan fingerprint density at radius 2 is 1.81 bits per heavy atom. The van der Waals surface area contributed by atoms with Crippen molar-refractivity contribution >= 4 is 29.2 Å². The minimum absolute atomic E-state index is 0.607. The van der Waals surface area contributed by atoms with E-state index >= 15 is 0 Å². The van der Waals surface area contributed by atoms with Crippen molar-refractivity contribution in [3.05, 3.63) is 54.9 Å². The first-order chi connectivity index (χ1) is 13.2. The molecule has 7 heteroatoms. The quantitative estimate of drug-likeness (QED) is 0.573. The van der Waals surface area contributed by atoms with Gasteiger partial charge in [-0.05, 0) is 44.6 Å². The highest BCUT2D eigenvalue weighted by atomic mass is 32.2. The maximum absolute atomic E-state index is 4.67. The van der Waals surface area contributed by atoms with Crippen LogP contribution in [0.1, 0.15) is 0 Å². The first-order valence-corrected chi connectivity index (χ1v) is 9.96. The Kier molecular flexibility index (Phi) is 6.62. The fourth-order valence-electron chi connectivity index (χ4n) is 2.54. The number of rotatable bonds is 8. The minimum atomic E-state index is 0.607. The number of nitrogens with zero attached hydrogens (tertiary/aromatic N) is 4. The van der Waals surface area contributed by atoms with Crippen molar-refractivity contribution in [1.82, 2.24) is 19.9 Å². The normalized spacial score (nSPS) is 10.8. The molecule has 2 aromatic heterocycles. The summed E-state index contributed by atoms with van der Waals surface area (Å²) in [6.45, 7) is 1.68. The maximum Gasteiger partial charge on any atom is 0.225 e. The molecule has 0 fully saturated rings. The molecule has 0 radical (unpaired) electrons. The SMILES string of the molecule is CSc1ccccc1Nc1cc(-c2ccncc2)nc(NCCN(C)C)n1. The third-order valence-corrected chi connectivity index (χ3v) is 4.71. The number of para-hydroxylation sites is 1. The first kappa shape index (κ1) is 19.1. The minimum Gasteiger partial charge on any atom is -0.353 e. The monoisotopic (exact) mass is 380 g/mol. The molecule has 0 saturated heterocycles. The zero-order valence-corrected chi connectivity index (χ0v) is 16.6. The summed E-state index contributed by atoms with van der Waals surface area (Å²) in [5, 5.41) is 6.75. The largest absolute Gasteiger partial charge is 0.353 e. The van der Waals surface area contributed by atoms with Gasteiger partial charge < -0.3 is 15.5 Å². The standard InChI is InChI=1S/C20H24N6S/c1-26(2)13-12-22-20-24-17(15-8-10-21-11-9-15)14-19(25-20)23-16-6-4-5-7-18(16)27-3/h4-11,14H,12-13H2,1-3H3,(H2,22,23,24,25). The molecule has 0 aliphatic heterocycles. The Morgan fingerprint density at radius 3 is 2.56 bits per heavy atom. The van der Waals surface area contributed by atoms with Gasteiger partial charge in [0.25, 0.3) is 0 Å². The van der Waals surface area contributed by atoms with E-state index in [1.165, 1.54) is 4.90 Å². The van der Waals surface area contributed by atoms with E-state index in [4.69, 9.17) is 0 Å². The lowest BCUT2D eigenvalue weighted by atomic mass is 10.2. The van der Waals surface area contributed by atoms with E-state index in [-0.39, 0.29) is 0 Å². The number of hydrogen-bond donors (Lipinski definition) is 2. The van der Waals surface area contributed by atoms with Gasteiger partial charge in [0, 0.05) is 42.0 Å². The molecule has 0 aliphatic carbocycles. The summed E-state index contributed by atoms with van der Waals surface area (Å²) < 4.78 is 0. The predicted octanol–water partition coefficient (Wildman–Crippen LogP) is 3.98. The third kappa shape index (κ3) is 5.42. The first-order valence-electron chi connectivity index (χ1n) is 8.74. The zero-order valence-electron chi connectivity index (χ0n) is 15.8. The number of thioether (sulfide) groups is 1.